The van der Waals surface area contributed by atoms with Gasteiger partial charge in [-0.2, -0.15) is 4.98 Å². The SMILES string of the molecule is CCC(CCO)CNc1nc(NC)nc2ccccc12. The van der Waals surface area contributed by atoms with Crippen molar-refractivity contribution in [3.05, 3.63) is 24.3 Å². The molecule has 2 rings (SSSR count). The molecule has 0 aliphatic rings. The monoisotopic (exact) mass is 274 g/mol. The van der Waals surface area contributed by atoms with Gasteiger partial charge in [0.1, 0.15) is 5.82 Å². The van der Waals surface area contributed by atoms with E-state index >= 15 is 0 Å². The maximum absolute atomic E-state index is 9.06. The molecule has 20 heavy (non-hydrogen) atoms. The predicted molar refractivity (Wildman–Crippen MR) is 83.1 cm³/mol. The van der Waals surface area contributed by atoms with Gasteiger partial charge in [-0.15, -0.1) is 0 Å². The molecule has 1 unspecified atom stereocenters. The Morgan fingerprint density at radius 3 is 2.75 bits per heavy atom. The van der Waals surface area contributed by atoms with Crippen LogP contribution in [0.4, 0.5) is 11.8 Å². The average Bonchev–Trinajstić information content (AvgIpc) is 2.50. The van der Waals surface area contributed by atoms with Gasteiger partial charge in [0.15, 0.2) is 0 Å². The number of hydrogen-bond donors (Lipinski definition) is 3. The smallest absolute Gasteiger partial charge is 0.224 e. The van der Waals surface area contributed by atoms with Crippen molar-refractivity contribution in [3.63, 3.8) is 0 Å². The van der Waals surface area contributed by atoms with Gasteiger partial charge in [-0.1, -0.05) is 25.5 Å². The number of fused-ring (bicyclic) bond motifs is 1. The lowest BCUT2D eigenvalue weighted by Crippen LogP contribution is -2.16. The van der Waals surface area contributed by atoms with E-state index in [1.165, 1.54) is 0 Å². The van der Waals surface area contributed by atoms with Gasteiger partial charge in [0.05, 0.1) is 5.52 Å². The largest absolute Gasteiger partial charge is 0.396 e. The standard InChI is InChI=1S/C15H22N4O/c1-3-11(8-9-20)10-17-14-12-6-4-5-7-13(12)18-15(16-2)19-14/h4-7,11,20H,3,8-10H2,1-2H3,(H2,16,17,18,19). The number of aliphatic hydroxyl groups is 1. The van der Waals surface area contributed by atoms with E-state index in [0.717, 1.165) is 36.1 Å². The van der Waals surface area contributed by atoms with Crippen molar-refractivity contribution in [2.24, 2.45) is 5.92 Å². The Kier molecular flexibility index (Phi) is 5.12. The highest BCUT2D eigenvalue weighted by Crippen LogP contribution is 2.22. The number of rotatable bonds is 7. The van der Waals surface area contributed by atoms with E-state index in [0.29, 0.717) is 11.9 Å². The maximum Gasteiger partial charge on any atom is 0.224 e. The highest BCUT2D eigenvalue weighted by atomic mass is 16.3. The van der Waals surface area contributed by atoms with Crippen LogP contribution < -0.4 is 10.6 Å². The van der Waals surface area contributed by atoms with E-state index in [-0.39, 0.29) is 6.61 Å². The number of anilines is 2. The average molecular weight is 274 g/mol. The second kappa shape index (κ2) is 7.05. The maximum atomic E-state index is 9.06. The van der Waals surface area contributed by atoms with Crippen LogP contribution >= 0.6 is 0 Å². The summed E-state index contributed by atoms with van der Waals surface area (Å²) in [5.74, 6) is 1.91. The van der Waals surface area contributed by atoms with Crippen LogP contribution in [0.3, 0.4) is 0 Å². The fourth-order valence-corrected chi connectivity index (χ4v) is 2.20. The first-order valence-electron chi connectivity index (χ1n) is 7.07. The highest BCUT2D eigenvalue weighted by Gasteiger charge is 2.09. The molecular weight excluding hydrogens is 252 g/mol. The summed E-state index contributed by atoms with van der Waals surface area (Å²) in [4.78, 5) is 8.93. The molecular formula is C15H22N4O. The lowest BCUT2D eigenvalue weighted by atomic mass is 10.0. The normalized spacial score (nSPS) is 12.3. The molecule has 3 N–H and O–H groups in total. The van der Waals surface area contributed by atoms with Gasteiger partial charge in [-0.25, -0.2) is 4.98 Å². The van der Waals surface area contributed by atoms with Crippen LogP contribution in [0, 0.1) is 5.92 Å². The third-order valence-corrected chi connectivity index (χ3v) is 3.50. The Morgan fingerprint density at radius 1 is 1.25 bits per heavy atom. The van der Waals surface area contributed by atoms with Crippen LogP contribution in [-0.2, 0) is 0 Å². The molecule has 2 aromatic rings. The van der Waals surface area contributed by atoms with Gasteiger partial charge >= 0.3 is 0 Å². The van der Waals surface area contributed by atoms with E-state index in [9.17, 15) is 0 Å². The summed E-state index contributed by atoms with van der Waals surface area (Å²) in [6.07, 6.45) is 1.85. The van der Waals surface area contributed by atoms with Gasteiger partial charge in [0.2, 0.25) is 5.95 Å². The number of nitrogens with zero attached hydrogens (tertiary/aromatic N) is 2. The van der Waals surface area contributed by atoms with E-state index in [1.54, 1.807) is 0 Å². The number of aliphatic hydroxyl groups excluding tert-OH is 1. The third-order valence-electron chi connectivity index (χ3n) is 3.50. The molecule has 0 spiro atoms. The first-order chi connectivity index (χ1) is 9.78. The highest BCUT2D eigenvalue weighted by molar-refractivity contribution is 5.89. The van der Waals surface area contributed by atoms with E-state index in [2.05, 4.69) is 27.5 Å². The van der Waals surface area contributed by atoms with Crippen LogP contribution in [-0.4, -0.2) is 35.3 Å². The third kappa shape index (κ3) is 3.36. The number of aromatic nitrogens is 2. The summed E-state index contributed by atoms with van der Waals surface area (Å²) in [6, 6.07) is 7.96. The molecule has 5 nitrogen and oxygen atoms in total. The van der Waals surface area contributed by atoms with Crippen molar-refractivity contribution in [1.82, 2.24) is 9.97 Å². The summed E-state index contributed by atoms with van der Waals surface area (Å²) in [7, 11) is 1.81. The van der Waals surface area contributed by atoms with Gasteiger partial charge in [-0.3, -0.25) is 0 Å². The van der Waals surface area contributed by atoms with Crippen LogP contribution in [0.2, 0.25) is 0 Å². The zero-order chi connectivity index (χ0) is 14.4. The van der Waals surface area contributed by atoms with Gasteiger partial charge in [0.25, 0.3) is 0 Å². The minimum Gasteiger partial charge on any atom is -0.396 e. The zero-order valence-electron chi connectivity index (χ0n) is 12.1. The second-order valence-electron chi connectivity index (χ2n) is 4.83. The van der Waals surface area contributed by atoms with Crippen molar-refractivity contribution in [2.75, 3.05) is 30.8 Å². The van der Waals surface area contributed by atoms with Crippen LogP contribution in [0.1, 0.15) is 19.8 Å². The predicted octanol–water partition coefficient (Wildman–Crippen LogP) is 2.49. The zero-order valence-corrected chi connectivity index (χ0v) is 12.1. The minimum absolute atomic E-state index is 0.229. The summed E-state index contributed by atoms with van der Waals surface area (Å²) in [5.41, 5.74) is 0.921. The van der Waals surface area contributed by atoms with Crippen molar-refractivity contribution in [2.45, 2.75) is 19.8 Å². The molecule has 1 heterocycles. The molecule has 0 amide bonds. The summed E-state index contributed by atoms with van der Waals surface area (Å²) in [6.45, 7) is 3.17. The number of hydrogen-bond acceptors (Lipinski definition) is 5. The van der Waals surface area contributed by atoms with E-state index in [4.69, 9.17) is 5.11 Å². The van der Waals surface area contributed by atoms with E-state index < -0.39 is 0 Å². The van der Waals surface area contributed by atoms with Crippen molar-refractivity contribution in [3.8, 4) is 0 Å². The van der Waals surface area contributed by atoms with Crippen LogP contribution in [0.15, 0.2) is 24.3 Å². The van der Waals surface area contributed by atoms with Crippen molar-refractivity contribution in [1.29, 1.82) is 0 Å². The Hall–Kier alpha value is -1.88. The molecule has 1 aromatic carbocycles. The second-order valence-corrected chi connectivity index (χ2v) is 4.83. The first-order valence-corrected chi connectivity index (χ1v) is 7.07. The van der Waals surface area contributed by atoms with E-state index in [1.807, 2.05) is 31.3 Å². The molecule has 0 aliphatic heterocycles. The molecule has 5 heteroatoms. The lowest BCUT2D eigenvalue weighted by Gasteiger charge is -2.16. The summed E-state index contributed by atoms with van der Waals surface area (Å²) in [5, 5.41) is 16.5. The number of benzene rings is 1. The lowest BCUT2D eigenvalue weighted by molar-refractivity contribution is 0.258. The molecule has 0 fully saturated rings. The fourth-order valence-electron chi connectivity index (χ4n) is 2.20. The molecule has 0 saturated carbocycles. The molecule has 108 valence electrons. The Bertz CT molecular complexity index is 559. The number of nitrogens with one attached hydrogen (secondary N) is 2. The van der Waals surface area contributed by atoms with Crippen molar-refractivity contribution < 1.29 is 5.11 Å². The van der Waals surface area contributed by atoms with Gasteiger partial charge in [-0.05, 0) is 24.5 Å². The van der Waals surface area contributed by atoms with Crippen LogP contribution in [0.25, 0.3) is 10.9 Å². The fraction of sp³-hybridized carbons (Fsp3) is 0.467. The number of para-hydroxylation sites is 1. The Labute approximate surface area is 119 Å². The molecule has 0 bridgehead atoms. The topological polar surface area (TPSA) is 70.1 Å². The van der Waals surface area contributed by atoms with Crippen molar-refractivity contribution >= 4 is 22.7 Å². The molecule has 1 aromatic heterocycles. The quantitative estimate of drug-likeness (QED) is 0.723. The molecule has 0 aliphatic carbocycles. The minimum atomic E-state index is 0.229. The molecule has 0 saturated heterocycles. The van der Waals surface area contributed by atoms with Gasteiger partial charge < -0.3 is 15.7 Å². The first kappa shape index (κ1) is 14.5. The Balaban J connectivity index is 2.23. The van der Waals surface area contributed by atoms with Crippen LogP contribution in [0.5, 0.6) is 0 Å². The summed E-state index contributed by atoms with van der Waals surface area (Å²) < 4.78 is 0. The Morgan fingerprint density at radius 2 is 2.05 bits per heavy atom. The summed E-state index contributed by atoms with van der Waals surface area (Å²) >= 11 is 0. The van der Waals surface area contributed by atoms with Gasteiger partial charge in [0, 0.05) is 25.6 Å². The molecule has 1 atom stereocenters. The molecule has 0 radical (unpaired) electrons.